The van der Waals surface area contributed by atoms with Gasteiger partial charge >= 0.3 is 0 Å². The Morgan fingerprint density at radius 3 is 1.90 bits per heavy atom. The quantitative estimate of drug-likeness (QED) is 0.524. The van der Waals surface area contributed by atoms with E-state index in [1.54, 1.807) is 11.1 Å². The van der Waals surface area contributed by atoms with Crippen LogP contribution in [0, 0.1) is 5.92 Å². The van der Waals surface area contributed by atoms with Crippen molar-refractivity contribution in [2.45, 2.75) is 57.0 Å². The highest BCUT2D eigenvalue weighted by atomic mass is 35.5. The molecule has 5 rings (SSSR count). The molecular weight excluding hydrogens is 411 g/mol. The molecule has 3 aliphatic rings. The molecule has 0 aliphatic heterocycles. The molecule has 2 N–H and O–H groups in total. The number of allylic oxidation sites excluding steroid dienone is 1. The minimum atomic E-state index is 0. The predicted octanol–water partition coefficient (Wildman–Crippen LogP) is 6.11. The van der Waals surface area contributed by atoms with Gasteiger partial charge in [-0.05, 0) is 79.7 Å². The molecule has 0 saturated carbocycles. The highest BCUT2D eigenvalue weighted by molar-refractivity contribution is 5.85. The van der Waals surface area contributed by atoms with Crippen molar-refractivity contribution in [3.8, 4) is 0 Å². The fraction of sp³-hybridized carbons (Fsp3) is 0.462. The van der Waals surface area contributed by atoms with Crippen molar-refractivity contribution in [2.75, 3.05) is 13.1 Å². The van der Waals surface area contributed by atoms with Crippen LogP contribution in [0.1, 0.15) is 66.4 Å². The summed E-state index contributed by atoms with van der Waals surface area (Å²) in [7, 11) is 0. The van der Waals surface area contributed by atoms with Crippen molar-refractivity contribution in [3.05, 3.63) is 82.4 Å². The number of hydrogen-bond acceptors (Lipinski definition) is 2. The summed E-state index contributed by atoms with van der Waals surface area (Å²) >= 11 is 0. The highest BCUT2D eigenvalue weighted by Gasteiger charge is 2.24. The maximum atomic E-state index is 3.87. The first kappa shape index (κ1) is 23.3. The van der Waals surface area contributed by atoms with Crippen molar-refractivity contribution in [2.24, 2.45) is 5.92 Å². The summed E-state index contributed by atoms with van der Waals surface area (Å²) < 4.78 is 0. The van der Waals surface area contributed by atoms with E-state index in [1.165, 1.54) is 61.6 Å². The predicted molar refractivity (Wildman–Crippen MR) is 131 cm³/mol. The number of benzene rings is 2. The van der Waals surface area contributed by atoms with Crippen molar-refractivity contribution < 1.29 is 0 Å². The van der Waals surface area contributed by atoms with Gasteiger partial charge in [-0.1, -0.05) is 60.2 Å². The van der Waals surface area contributed by atoms with Gasteiger partial charge in [0.25, 0.3) is 0 Å². The normalized spacial score (nSPS) is 24.3. The Morgan fingerprint density at radius 1 is 0.700 bits per heavy atom. The van der Waals surface area contributed by atoms with Crippen LogP contribution in [0.25, 0.3) is 0 Å². The highest BCUT2D eigenvalue weighted by Crippen LogP contribution is 2.33. The standard InChI is InChI=1S/C26H32N2.2ClH/c1-3-7-23-21(5-1)13-15-25(23)27-17-19-9-11-20(12-10-19)18-28-26-16-14-22-6-2-4-8-24(22)26;;/h1-9,20,25-28H,10-18H2;2*1H. The van der Waals surface area contributed by atoms with E-state index in [-0.39, 0.29) is 24.8 Å². The van der Waals surface area contributed by atoms with Gasteiger partial charge in [0, 0.05) is 18.6 Å². The molecule has 0 radical (unpaired) electrons. The summed E-state index contributed by atoms with van der Waals surface area (Å²) in [5, 5.41) is 7.69. The number of nitrogens with one attached hydrogen (secondary N) is 2. The molecular formula is C26H34Cl2N2. The van der Waals surface area contributed by atoms with Crippen molar-refractivity contribution >= 4 is 24.8 Å². The third kappa shape index (κ3) is 5.11. The zero-order chi connectivity index (χ0) is 18.8. The molecule has 4 heteroatoms. The summed E-state index contributed by atoms with van der Waals surface area (Å²) in [6, 6.07) is 19.0. The van der Waals surface area contributed by atoms with E-state index in [1.807, 2.05) is 0 Å². The average molecular weight is 445 g/mol. The summed E-state index contributed by atoms with van der Waals surface area (Å²) in [4.78, 5) is 0. The first-order chi connectivity index (χ1) is 13.9. The van der Waals surface area contributed by atoms with Crippen LogP contribution in [-0.4, -0.2) is 13.1 Å². The van der Waals surface area contributed by atoms with E-state index in [9.17, 15) is 0 Å². The van der Waals surface area contributed by atoms with Crippen LogP contribution < -0.4 is 10.6 Å². The molecule has 3 aliphatic carbocycles. The molecule has 162 valence electrons. The van der Waals surface area contributed by atoms with Gasteiger partial charge in [0.1, 0.15) is 0 Å². The number of rotatable bonds is 6. The van der Waals surface area contributed by atoms with E-state index in [2.05, 4.69) is 65.2 Å². The molecule has 3 unspecified atom stereocenters. The number of hydrogen-bond donors (Lipinski definition) is 2. The lowest BCUT2D eigenvalue weighted by molar-refractivity contribution is 0.395. The van der Waals surface area contributed by atoms with Gasteiger partial charge in [-0.3, -0.25) is 0 Å². The lowest BCUT2D eigenvalue weighted by Crippen LogP contribution is -2.28. The van der Waals surface area contributed by atoms with Crippen LogP contribution >= 0.6 is 24.8 Å². The van der Waals surface area contributed by atoms with E-state index < -0.39 is 0 Å². The summed E-state index contributed by atoms with van der Waals surface area (Å²) in [6.07, 6.45) is 11.3. The molecule has 0 saturated heterocycles. The Balaban J connectivity index is 0.00000128. The monoisotopic (exact) mass is 444 g/mol. The summed E-state index contributed by atoms with van der Waals surface area (Å²) in [5.41, 5.74) is 7.77. The SMILES string of the molecule is C1=C(CNC2CCc3ccccc32)CCC(CNC2CCc3ccccc32)C1.Cl.Cl. The van der Waals surface area contributed by atoms with E-state index >= 15 is 0 Å². The lowest BCUT2D eigenvalue weighted by atomic mass is 9.89. The van der Waals surface area contributed by atoms with Gasteiger partial charge in [-0.2, -0.15) is 0 Å². The Morgan fingerprint density at radius 2 is 1.30 bits per heavy atom. The molecule has 0 aromatic heterocycles. The zero-order valence-electron chi connectivity index (χ0n) is 17.6. The molecule has 2 aromatic rings. The van der Waals surface area contributed by atoms with Crippen LogP contribution in [0.15, 0.2) is 60.2 Å². The molecule has 0 heterocycles. The van der Waals surface area contributed by atoms with Crippen LogP contribution in [0.2, 0.25) is 0 Å². The second-order valence-corrected chi connectivity index (χ2v) is 8.87. The molecule has 0 amide bonds. The molecule has 30 heavy (non-hydrogen) atoms. The molecule has 0 fully saturated rings. The first-order valence-corrected chi connectivity index (χ1v) is 11.2. The van der Waals surface area contributed by atoms with E-state index in [0.717, 1.165) is 19.0 Å². The second-order valence-electron chi connectivity index (χ2n) is 8.87. The fourth-order valence-electron chi connectivity index (χ4n) is 5.39. The van der Waals surface area contributed by atoms with Crippen LogP contribution in [-0.2, 0) is 12.8 Å². The summed E-state index contributed by atoms with van der Waals surface area (Å²) in [5.74, 6) is 0.795. The van der Waals surface area contributed by atoms with Gasteiger partial charge in [0.2, 0.25) is 0 Å². The van der Waals surface area contributed by atoms with Gasteiger partial charge in [0.05, 0.1) is 0 Å². The molecule has 2 aromatic carbocycles. The Bertz CT molecular complexity index is 864. The Kier molecular flexibility index (Phi) is 8.42. The minimum absolute atomic E-state index is 0. The van der Waals surface area contributed by atoms with E-state index in [4.69, 9.17) is 0 Å². The minimum Gasteiger partial charge on any atom is -0.310 e. The fourth-order valence-corrected chi connectivity index (χ4v) is 5.39. The average Bonchev–Trinajstić information content (AvgIpc) is 3.36. The zero-order valence-corrected chi connectivity index (χ0v) is 19.2. The molecule has 0 spiro atoms. The smallest absolute Gasteiger partial charge is 0.0329 e. The van der Waals surface area contributed by atoms with Crippen molar-refractivity contribution in [3.63, 3.8) is 0 Å². The van der Waals surface area contributed by atoms with Crippen LogP contribution in [0.4, 0.5) is 0 Å². The van der Waals surface area contributed by atoms with Crippen molar-refractivity contribution in [1.29, 1.82) is 0 Å². The van der Waals surface area contributed by atoms with Gasteiger partial charge in [0.15, 0.2) is 0 Å². The second kappa shape index (κ2) is 10.8. The Labute approximate surface area is 193 Å². The Hall–Kier alpha value is -1.32. The number of halogens is 2. The maximum Gasteiger partial charge on any atom is 0.0329 e. The van der Waals surface area contributed by atoms with Gasteiger partial charge < -0.3 is 10.6 Å². The number of fused-ring (bicyclic) bond motifs is 2. The lowest BCUT2D eigenvalue weighted by Gasteiger charge is -2.25. The van der Waals surface area contributed by atoms with Gasteiger partial charge in [-0.25, -0.2) is 0 Å². The maximum absolute atomic E-state index is 3.87. The third-order valence-corrected chi connectivity index (χ3v) is 7.11. The van der Waals surface area contributed by atoms with Crippen molar-refractivity contribution in [1.82, 2.24) is 10.6 Å². The first-order valence-electron chi connectivity index (χ1n) is 11.2. The third-order valence-electron chi connectivity index (χ3n) is 7.11. The summed E-state index contributed by atoms with van der Waals surface area (Å²) in [6.45, 7) is 2.22. The molecule has 3 atom stereocenters. The largest absolute Gasteiger partial charge is 0.310 e. The topological polar surface area (TPSA) is 24.1 Å². The number of aryl methyl sites for hydroxylation is 2. The van der Waals surface area contributed by atoms with Crippen LogP contribution in [0.3, 0.4) is 0 Å². The molecule has 0 bridgehead atoms. The van der Waals surface area contributed by atoms with Gasteiger partial charge in [-0.15, -0.1) is 24.8 Å². The van der Waals surface area contributed by atoms with Crippen LogP contribution in [0.5, 0.6) is 0 Å². The van der Waals surface area contributed by atoms with E-state index in [0.29, 0.717) is 12.1 Å². The molecule has 2 nitrogen and oxygen atoms in total.